The topological polar surface area (TPSA) is 94.1 Å². The van der Waals surface area contributed by atoms with Crippen LogP contribution in [0, 0.1) is 6.92 Å². The summed E-state index contributed by atoms with van der Waals surface area (Å²) in [5.74, 6) is 1.67. The van der Waals surface area contributed by atoms with E-state index in [0.717, 1.165) is 16.7 Å². The molecule has 0 unspecified atom stereocenters. The van der Waals surface area contributed by atoms with E-state index < -0.39 is 0 Å². The van der Waals surface area contributed by atoms with Crippen molar-refractivity contribution in [2.24, 2.45) is 0 Å². The third kappa shape index (κ3) is 4.00. The SMILES string of the molecule is Cc1ccccc1-c1nnc(-c2ccc(C(=O)Nc3cc(C(C)(C)C)on3)cc2)o1. The number of rotatable bonds is 4. The van der Waals surface area contributed by atoms with Gasteiger partial charge in [-0.3, -0.25) is 4.79 Å². The van der Waals surface area contributed by atoms with Gasteiger partial charge in [0.05, 0.1) is 0 Å². The standard InChI is InChI=1S/C23H22N4O3/c1-14-7-5-6-8-17(14)22-26-25-21(29-22)16-11-9-15(10-12-16)20(28)24-19-13-18(30-27-19)23(2,3)4/h5-13H,1-4H3,(H,24,27,28). The van der Waals surface area contributed by atoms with E-state index in [9.17, 15) is 4.79 Å². The zero-order valence-electron chi connectivity index (χ0n) is 17.3. The Bertz CT molecular complexity index is 1180. The molecule has 0 aliphatic rings. The van der Waals surface area contributed by atoms with Crippen molar-refractivity contribution < 1.29 is 13.7 Å². The first-order valence-electron chi connectivity index (χ1n) is 9.60. The second-order valence-electron chi connectivity index (χ2n) is 8.09. The van der Waals surface area contributed by atoms with Gasteiger partial charge >= 0.3 is 0 Å². The van der Waals surface area contributed by atoms with Gasteiger partial charge in [-0.2, -0.15) is 0 Å². The number of hydrogen-bond donors (Lipinski definition) is 1. The van der Waals surface area contributed by atoms with Gasteiger partial charge in [-0.15, -0.1) is 10.2 Å². The van der Waals surface area contributed by atoms with Gasteiger partial charge in [0, 0.05) is 28.2 Å². The Kier molecular flexibility index (Phi) is 4.95. The van der Waals surface area contributed by atoms with Crippen molar-refractivity contribution in [1.29, 1.82) is 0 Å². The van der Waals surface area contributed by atoms with Crippen LogP contribution in [-0.2, 0) is 5.41 Å². The summed E-state index contributed by atoms with van der Waals surface area (Å²) < 4.78 is 11.1. The first kappa shape index (κ1) is 19.6. The van der Waals surface area contributed by atoms with E-state index in [-0.39, 0.29) is 11.3 Å². The molecule has 2 heterocycles. The van der Waals surface area contributed by atoms with Crippen LogP contribution in [0.5, 0.6) is 0 Å². The number of carbonyl (C=O) groups is 1. The molecular weight excluding hydrogens is 380 g/mol. The van der Waals surface area contributed by atoms with Gasteiger partial charge in [-0.1, -0.05) is 44.1 Å². The molecule has 152 valence electrons. The van der Waals surface area contributed by atoms with Gasteiger partial charge in [-0.05, 0) is 42.8 Å². The first-order chi connectivity index (χ1) is 14.3. The molecule has 1 amide bonds. The highest BCUT2D eigenvalue weighted by atomic mass is 16.5. The Labute approximate surface area is 174 Å². The minimum atomic E-state index is -0.276. The Hall–Kier alpha value is -3.74. The fourth-order valence-electron chi connectivity index (χ4n) is 2.90. The predicted molar refractivity (Wildman–Crippen MR) is 113 cm³/mol. The highest BCUT2D eigenvalue weighted by molar-refractivity contribution is 6.03. The molecule has 0 saturated carbocycles. The quantitative estimate of drug-likeness (QED) is 0.501. The molecule has 2 aromatic heterocycles. The van der Waals surface area contributed by atoms with Crippen LogP contribution in [0.4, 0.5) is 5.82 Å². The largest absolute Gasteiger partial charge is 0.416 e. The lowest BCUT2D eigenvalue weighted by atomic mass is 9.93. The monoisotopic (exact) mass is 402 g/mol. The molecule has 4 rings (SSSR count). The molecule has 30 heavy (non-hydrogen) atoms. The smallest absolute Gasteiger partial charge is 0.256 e. The minimum Gasteiger partial charge on any atom is -0.416 e. The van der Waals surface area contributed by atoms with Crippen molar-refractivity contribution >= 4 is 11.7 Å². The fourth-order valence-corrected chi connectivity index (χ4v) is 2.90. The first-order valence-corrected chi connectivity index (χ1v) is 9.60. The van der Waals surface area contributed by atoms with Crippen molar-refractivity contribution in [3.8, 4) is 22.9 Å². The van der Waals surface area contributed by atoms with E-state index in [2.05, 4.69) is 20.7 Å². The van der Waals surface area contributed by atoms with Crippen LogP contribution >= 0.6 is 0 Å². The molecule has 0 radical (unpaired) electrons. The third-order valence-electron chi connectivity index (χ3n) is 4.69. The lowest BCUT2D eigenvalue weighted by Gasteiger charge is -2.12. The molecule has 1 N–H and O–H groups in total. The Morgan fingerprint density at radius 2 is 1.67 bits per heavy atom. The zero-order chi connectivity index (χ0) is 21.3. The normalized spacial score (nSPS) is 11.5. The van der Waals surface area contributed by atoms with E-state index in [1.165, 1.54) is 0 Å². The van der Waals surface area contributed by atoms with Crippen molar-refractivity contribution in [3.63, 3.8) is 0 Å². The van der Waals surface area contributed by atoms with Gasteiger partial charge in [0.1, 0.15) is 5.76 Å². The third-order valence-corrected chi connectivity index (χ3v) is 4.69. The van der Waals surface area contributed by atoms with Gasteiger partial charge in [0.15, 0.2) is 5.82 Å². The molecule has 2 aromatic carbocycles. The van der Waals surface area contributed by atoms with Crippen LogP contribution in [0.1, 0.15) is 42.5 Å². The second-order valence-corrected chi connectivity index (χ2v) is 8.09. The number of amides is 1. The number of anilines is 1. The predicted octanol–water partition coefficient (Wildman–Crippen LogP) is 5.25. The number of aryl methyl sites for hydroxylation is 1. The van der Waals surface area contributed by atoms with E-state index in [4.69, 9.17) is 8.94 Å². The number of aromatic nitrogens is 3. The van der Waals surface area contributed by atoms with Crippen LogP contribution < -0.4 is 5.32 Å². The van der Waals surface area contributed by atoms with Crippen LogP contribution in [0.2, 0.25) is 0 Å². The molecule has 0 spiro atoms. The Morgan fingerprint density at radius 3 is 2.33 bits per heavy atom. The van der Waals surface area contributed by atoms with Crippen LogP contribution in [0.15, 0.2) is 63.5 Å². The average molecular weight is 402 g/mol. The number of hydrogen-bond acceptors (Lipinski definition) is 6. The molecular formula is C23H22N4O3. The highest BCUT2D eigenvalue weighted by Crippen LogP contribution is 2.27. The van der Waals surface area contributed by atoms with Gasteiger partial charge in [0.25, 0.3) is 5.91 Å². The molecule has 7 heteroatoms. The highest BCUT2D eigenvalue weighted by Gasteiger charge is 2.20. The molecule has 0 atom stereocenters. The van der Waals surface area contributed by atoms with E-state index in [1.807, 2.05) is 52.0 Å². The molecule has 0 bridgehead atoms. The molecule has 0 saturated heterocycles. The van der Waals surface area contributed by atoms with Crippen molar-refractivity contribution in [2.75, 3.05) is 5.32 Å². The van der Waals surface area contributed by atoms with Crippen LogP contribution in [0.25, 0.3) is 22.9 Å². The van der Waals surface area contributed by atoms with E-state index in [1.54, 1.807) is 30.3 Å². The zero-order valence-corrected chi connectivity index (χ0v) is 17.3. The maximum absolute atomic E-state index is 12.5. The van der Waals surface area contributed by atoms with Crippen molar-refractivity contribution in [1.82, 2.24) is 15.4 Å². The van der Waals surface area contributed by atoms with Gasteiger partial charge in [0.2, 0.25) is 11.8 Å². The number of carbonyl (C=O) groups excluding carboxylic acids is 1. The average Bonchev–Trinajstić information content (AvgIpc) is 3.38. The van der Waals surface area contributed by atoms with Crippen molar-refractivity contribution in [3.05, 3.63) is 71.5 Å². The maximum Gasteiger partial charge on any atom is 0.256 e. The summed E-state index contributed by atoms with van der Waals surface area (Å²) in [6.45, 7) is 8.03. The summed E-state index contributed by atoms with van der Waals surface area (Å²) in [4.78, 5) is 12.5. The minimum absolute atomic E-state index is 0.182. The fraction of sp³-hybridized carbons (Fsp3) is 0.217. The van der Waals surface area contributed by atoms with E-state index >= 15 is 0 Å². The number of nitrogens with one attached hydrogen (secondary N) is 1. The molecule has 0 aliphatic heterocycles. The molecule has 7 nitrogen and oxygen atoms in total. The summed E-state index contributed by atoms with van der Waals surface area (Å²) in [6, 6.07) is 16.5. The van der Waals surface area contributed by atoms with Crippen LogP contribution in [-0.4, -0.2) is 21.3 Å². The maximum atomic E-state index is 12.5. The summed E-state index contributed by atoms with van der Waals surface area (Å²) in [6.07, 6.45) is 0. The molecule has 0 fully saturated rings. The number of nitrogens with zero attached hydrogens (tertiary/aromatic N) is 3. The number of benzene rings is 2. The van der Waals surface area contributed by atoms with E-state index in [0.29, 0.717) is 28.9 Å². The summed E-state index contributed by atoms with van der Waals surface area (Å²) in [7, 11) is 0. The summed E-state index contributed by atoms with van der Waals surface area (Å²) in [5, 5.41) is 14.9. The summed E-state index contributed by atoms with van der Waals surface area (Å²) in [5.41, 5.74) is 2.99. The Morgan fingerprint density at radius 1 is 0.967 bits per heavy atom. The summed E-state index contributed by atoms with van der Waals surface area (Å²) >= 11 is 0. The van der Waals surface area contributed by atoms with Crippen molar-refractivity contribution in [2.45, 2.75) is 33.1 Å². The molecule has 0 aliphatic carbocycles. The molecule has 4 aromatic rings. The van der Waals surface area contributed by atoms with Crippen LogP contribution in [0.3, 0.4) is 0 Å². The lowest BCUT2D eigenvalue weighted by Crippen LogP contribution is -2.12. The van der Waals surface area contributed by atoms with Gasteiger partial charge < -0.3 is 14.3 Å². The lowest BCUT2D eigenvalue weighted by molar-refractivity contribution is 0.102. The second kappa shape index (κ2) is 7.59. The Balaban J connectivity index is 1.49. The van der Waals surface area contributed by atoms with Gasteiger partial charge in [-0.25, -0.2) is 0 Å².